The molecule has 0 rings (SSSR count). The van der Waals surface area contributed by atoms with Crippen molar-refractivity contribution in [3.8, 4) is 0 Å². The average molecular weight is 166 g/mol. The summed E-state index contributed by atoms with van der Waals surface area (Å²) < 4.78 is 9.70. The minimum absolute atomic E-state index is 0.484. The molecular weight excluding hydrogens is 152 g/mol. The van der Waals surface area contributed by atoms with Crippen LogP contribution in [0.1, 0.15) is 0 Å². The van der Waals surface area contributed by atoms with E-state index in [1.807, 2.05) is 24.3 Å². The summed E-state index contributed by atoms with van der Waals surface area (Å²) in [5.41, 5.74) is 0. The minimum Gasteiger partial charge on any atom is -0.469 e. The SMILES string of the molecule is C=CC=CC=CC=C(OC)OC. The van der Waals surface area contributed by atoms with Crippen molar-refractivity contribution in [1.82, 2.24) is 0 Å². The van der Waals surface area contributed by atoms with E-state index in [0.29, 0.717) is 5.95 Å². The maximum Gasteiger partial charge on any atom is 0.278 e. The Morgan fingerprint density at radius 1 is 1.00 bits per heavy atom. The summed E-state index contributed by atoms with van der Waals surface area (Å²) in [6.07, 6.45) is 10.8. The van der Waals surface area contributed by atoms with E-state index >= 15 is 0 Å². The van der Waals surface area contributed by atoms with Crippen molar-refractivity contribution in [1.29, 1.82) is 0 Å². The zero-order chi connectivity index (χ0) is 9.23. The van der Waals surface area contributed by atoms with Crippen LogP contribution in [-0.2, 0) is 9.47 Å². The van der Waals surface area contributed by atoms with Crippen LogP contribution in [-0.4, -0.2) is 14.2 Å². The molecule has 0 amide bonds. The predicted molar refractivity (Wildman–Crippen MR) is 50.6 cm³/mol. The standard InChI is InChI=1S/C10H14O2/c1-4-5-6-7-8-9-10(11-2)12-3/h4-9H,1H2,2-3H3. The van der Waals surface area contributed by atoms with Gasteiger partial charge in [0.1, 0.15) is 0 Å². The summed E-state index contributed by atoms with van der Waals surface area (Å²) in [6.45, 7) is 3.54. The van der Waals surface area contributed by atoms with Gasteiger partial charge in [0.25, 0.3) is 5.95 Å². The first kappa shape index (κ1) is 10.6. The number of ether oxygens (including phenoxy) is 2. The monoisotopic (exact) mass is 166 g/mol. The van der Waals surface area contributed by atoms with Crippen molar-refractivity contribution < 1.29 is 9.47 Å². The van der Waals surface area contributed by atoms with E-state index in [1.165, 1.54) is 0 Å². The molecule has 0 radical (unpaired) electrons. The van der Waals surface area contributed by atoms with Gasteiger partial charge in [0, 0.05) is 6.08 Å². The van der Waals surface area contributed by atoms with E-state index in [4.69, 9.17) is 9.47 Å². The molecule has 0 heterocycles. The van der Waals surface area contributed by atoms with E-state index in [2.05, 4.69) is 6.58 Å². The van der Waals surface area contributed by atoms with E-state index in [0.717, 1.165) is 0 Å². The smallest absolute Gasteiger partial charge is 0.278 e. The molecule has 0 unspecified atom stereocenters. The van der Waals surface area contributed by atoms with Gasteiger partial charge in [0.2, 0.25) is 0 Å². The van der Waals surface area contributed by atoms with Crippen molar-refractivity contribution in [2.75, 3.05) is 14.2 Å². The molecule has 66 valence electrons. The highest BCUT2D eigenvalue weighted by molar-refractivity contribution is 5.14. The molecule has 0 aromatic heterocycles. The Kier molecular flexibility index (Phi) is 6.74. The number of hydrogen-bond donors (Lipinski definition) is 0. The molecule has 0 spiro atoms. The van der Waals surface area contributed by atoms with Gasteiger partial charge in [0.15, 0.2) is 0 Å². The Morgan fingerprint density at radius 3 is 2.08 bits per heavy atom. The first-order valence-corrected chi connectivity index (χ1v) is 3.59. The van der Waals surface area contributed by atoms with Crippen molar-refractivity contribution in [3.05, 3.63) is 49.0 Å². The average Bonchev–Trinajstić information content (AvgIpc) is 2.11. The van der Waals surface area contributed by atoms with Gasteiger partial charge in [-0.3, -0.25) is 0 Å². The molecule has 0 atom stereocenters. The molecule has 0 N–H and O–H groups in total. The number of allylic oxidation sites excluding steroid dienone is 6. The molecule has 0 aliphatic heterocycles. The lowest BCUT2D eigenvalue weighted by molar-refractivity contribution is 0.0956. The molecule has 0 bridgehead atoms. The third-order valence-corrected chi connectivity index (χ3v) is 1.10. The zero-order valence-electron chi connectivity index (χ0n) is 7.49. The quantitative estimate of drug-likeness (QED) is 0.461. The molecule has 0 aromatic carbocycles. The summed E-state index contributed by atoms with van der Waals surface area (Å²) in [7, 11) is 3.12. The summed E-state index contributed by atoms with van der Waals surface area (Å²) in [4.78, 5) is 0. The lowest BCUT2D eigenvalue weighted by atomic mass is 10.4. The fraction of sp³-hybridized carbons (Fsp3) is 0.200. The first-order valence-electron chi connectivity index (χ1n) is 3.59. The van der Waals surface area contributed by atoms with Crippen molar-refractivity contribution in [2.45, 2.75) is 0 Å². The van der Waals surface area contributed by atoms with Gasteiger partial charge >= 0.3 is 0 Å². The van der Waals surface area contributed by atoms with Crippen LogP contribution < -0.4 is 0 Å². The second-order valence-corrected chi connectivity index (χ2v) is 1.90. The Balaban J connectivity index is 3.91. The Labute approximate surface area is 73.5 Å². The maximum atomic E-state index is 4.85. The molecule has 0 aliphatic rings. The predicted octanol–water partition coefficient (Wildman–Crippen LogP) is 2.42. The Morgan fingerprint density at radius 2 is 1.58 bits per heavy atom. The summed E-state index contributed by atoms with van der Waals surface area (Å²) in [6, 6.07) is 0. The molecule has 0 aliphatic carbocycles. The highest BCUT2D eigenvalue weighted by Gasteiger charge is 1.85. The second-order valence-electron chi connectivity index (χ2n) is 1.90. The fourth-order valence-corrected chi connectivity index (χ4v) is 0.560. The molecule has 2 heteroatoms. The zero-order valence-corrected chi connectivity index (χ0v) is 7.49. The van der Waals surface area contributed by atoms with Crippen molar-refractivity contribution in [3.63, 3.8) is 0 Å². The highest BCUT2D eigenvalue weighted by atomic mass is 16.7. The van der Waals surface area contributed by atoms with Gasteiger partial charge in [-0.25, -0.2) is 0 Å². The lowest BCUT2D eigenvalue weighted by Gasteiger charge is -2.00. The molecule has 0 fully saturated rings. The molecule has 0 saturated carbocycles. The van der Waals surface area contributed by atoms with Crippen LogP contribution in [0.15, 0.2) is 49.0 Å². The first-order chi connectivity index (χ1) is 5.85. The van der Waals surface area contributed by atoms with Crippen LogP contribution in [0.5, 0.6) is 0 Å². The van der Waals surface area contributed by atoms with Gasteiger partial charge in [0.05, 0.1) is 14.2 Å². The largest absolute Gasteiger partial charge is 0.469 e. The van der Waals surface area contributed by atoms with Crippen LogP contribution in [0.3, 0.4) is 0 Å². The fourth-order valence-electron chi connectivity index (χ4n) is 0.560. The lowest BCUT2D eigenvalue weighted by Crippen LogP contribution is -1.87. The van der Waals surface area contributed by atoms with Gasteiger partial charge < -0.3 is 9.47 Å². The third kappa shape index (κ3) is 5.35. The Bertz CT molecular complexity index is 194. The van der Waals surface area contributed by atoms with Gasteiger partial charge in [-0.15, -0.1) is 0 Å². The number of hydrogen-bond acceptors (Lipinski definition) is 2. The second kappa shape index (κ2) is 7.66. The third-order valence-electron chi connectivity index (χ3n) is 1.10. The van der Waals surface area contributed by atoms with Crippen molar-refractivity contribution in [2.24, 2.45) is 0 Å². The van der Waals surface area contributed by atoms with E-state index in [1.54, 1.807) is 26.4 Å². The number of methoxy groups -OCH3 is 2. The topological polar surface area (TPSA) is 18.5 Å². The van der Waals surface area contributed by atoms with Gasteiger partial charge in [-0.2, -0.15) is 0 Å². The van der Waals surface area contributed by atoms with Gasteiger partial charge in [-0.05, 0) is 0 Å². The minimum atomic E-state index is 0.484. The van der Waals surface area contributed by atoms with E-state index in [-0.39, 0.29) is 0 Å². The summed E-state index contributed by atoms with van der Waals surface area (Å²) in [5, 5.41) is 0. The van der Waals surface area contributed by atoms with E-state index in [9.17, 15) is 0 Å². The van der Waals surface area contributed by atoms with Crippen LogP contribution in [0.25, 0.3) is 0 Å². The maximum absolute atomic E-state index is 4.85. The van der Waals surface area contributed by atoms with Crippen molar-refractivity contribution >= 4 is 0 Å². The van der Waals surface area contributed by atoms with Crippen LogP contribution in [0.4, 0.5) is 0 Å². The van der Waals surface area contributed by atoms with Crippen LogP contribution in [0.2, 0.25) is 0 Å². The summed E-state index contributed by atoms with van der Waals surface area (Å²) >= 11 is 0. The van der Waals surface area contributed by atoms with E-state index < -0.39 is 0 Å². The molecule has 0 saturated heterocycles. The Hall–Kier alpha value is -1.44. The summed E-state index contributed by atoms with van der Waals surface area (Å²) in [5.74, 6) is 0.484. The number of rotatable bonds is 5. The van der Waals surface area contributed by atoms with Gasteiger partial charge in [-0.1, -0.05) is 37.0 Å². The highest BCUT2D eigenvalue weighted by Crippen LogP contribution is 1.95. The molecular formula is C10H14O2. The molecule has 0 aromatic rings. The van der Waals surface area contributed by atoms with Crippen LogP contribution in [0, 0.1) is 0 Å². The molecule has 2 nitrogen and oxygen atoms in total. The normalized spacial score (nSPS) is 10.2. The van der Waals surface area contributed by atoms with Crippen LogP contribution >= 0.6 is 0 Å². The molecule has 12 heavy (non-hydrogen) atoms.